The molecule has 1 aliphatic heterocycles. The maximum absolute atomic E-state index is 13.1. The number of aromatic hydroxyl groups is 3. The molecule has 10 heteroatoms. The minimum absolute atomic E-state index is 0.112. The van der Waals surface area contributed by atoms with E-state index in [1.807, 2.05) is 5.32 Å². The largest absolute Gasteiger partial charge is 0.508 e. The molecular formula is C18H16ClF3N2O4. The molecule has 1 unspecified atom stereocenters. The number of phenolic OH excluding ortho intramolecular Hbond substituents is 3. The van der Waals surface area contributed by atoms with E-state index in [4.69, 9.17) is 11.6 Å². The van der Waals surface area contributed by atoms with Gasteiger partial charge >= 0.3 is 12.1 Å². The monoisotopic (exact) mass is 416 g/mol. The topological polar surface area (TPSA) is 102 Å². The minimum Gasteiger partial charge on any atom is -0.508 e. The lowest BCUT2D eigenvalue weighted by Gasteiger charge is -2.36. The Morgan fingerprint density at radius 2 is 1.82 bits per heavy atom. The smallest absolute Gasteiger partial charge is 0.471 e. The summed E-state index contributed by atoms with van der Waals surface area (Å²) < 4.78 is 39.2. The molecule has 0 aromatic heterocycles. The van der Waals surface area contributed by atoms with E-state index >= 15 is 0 Å². The van der Waals surface area contributed by atoms with E-state index < -0.39 is 29.1 Å². The second-order valence-electron chi connectivity index (χ2n) is 6.42. The number of hydrogen-bond donors (Lipinski definition) is 5. The number of carbonyl (C=O) groups excluding carboxylic acids is 1. The van der Waals surface area contributed by atoms with Gasteiger partial charge in [-0.05, 0) is 47.9 Å². The maximum atomic E-state index is 13.1. The van der Waals surface area contributed by atoms with Crippen molar-refractivity contribution in [2.45, 2.75) is 18.1 Å². The van der Waals surface area contributed by atoms with E-state index in [9.17, 15) is 33.3 Å². The summed E-state index contributed by atoms with van der Waals surface area (Å²) >= 11 is 6.14. The first-order valence-electron chi connectivity index (χ1n) is 8.19. The predicted molar refractivity (Wildman–Crippen MR) is 94.4 cm³/mol. The Morgan fingerprint density at radius 3 is 2.43 bits per heavy atom. The van der Waals surface area contributed by atoms with Gasteiger partial charge in [-0.25, -0.2) is 0 Å². The van der Waals surface area contributed by atoms with E-state index in [0.29, 0.717) is 6.54 Å². The highest BCUT2D eigenvalue weighted by Gasteiger charge is 2.47. The van der Waals surface area contributed by atoms with Gasteiger partial charge in [0.15, 0.2) is 11.5 Å². The van der Waals surface area contributed by atoms with Gasteiger partial charge < -0.3 is 26.0 Å². The molecule has 0 bridgehead atoms. The van der Waals surface area contributed by atoms with E-state index in [1.54, 1.807) is 0 Å². The molecule has 1 heterocycles. The number of nitrogens with one attached hydrogen (secondary N) is 2. The summed E-state index contributed by atoms with van der Waals surface area (Å²) in [5.41, 5.74) is -1.14. The van der Waals surface area contributed by atoms with Crippen molar-refractivity contribution in [3.63, 3.8) is 0 Å². The zero-order valence-electron chi connectivity index (χ0n) is 14.3. The Bertz CT molecular complexity index is 919. The third kappa shape index (κ3) is 3.43. The van der Waals surface area contributed by atoms with Gasteiger partial charge in [0, 0.05) is 6.54 Å². The fourth-order valence-corrected chi connectivity index (χ4v) is 3.62. The minimum atomic E-state index is -5.15. The number of phenols is 3. The van der Waals surface area contributed by atoms with Crippen LogP contribution in [0.15, 0.2) is 30.3 Å². The highest BCUT2D eigenvalue weighted by atomic mass is 35.5. The summed E-state index contributed by atoms with van der Waals surface area (Å²) in [5.74, 6) is -3.52. The molecule has 0 aliphatic carbocycles. The van der Waals surface area contributed by atoms with Gasteiger partial charge in [0.25, 0.3) is 0 Å². The van der Waals surface area contributed by atoms with Gasteiger partial charge in [-0.3, -0.25) is 4.79 Å². The molecule has 0 spiro atoms. The van der Waals surface area contributed by atoms with Crippen LogP contribution in [0.4, 0.5) is 13.2 Å². The second kappa shape index (κ2) is 7.06. The fourth-order valence-electron chi connectivity index (χ4n) is 3.33. The lowest BCUT2D eigenvalue weighted by molar-refractivity contribution is -0.175. The van der Waals surface area contributed by atoms with E-state index in [1.165, 1.54) is 24.3 Å². The van der Waals surface area contributed by atoms with Gasteiger partial charge in [-0.15, -0.1) is 0 Å². The molecule has 0 radical (unpaired) electrons. The van der Waals surface area contributed by atoms with Crippen molar-refractivity contribution in [2.24, 2.45) is 0 Å². The Labute approximate surface area is 162 Å². The number of alkyl halides is 3. The number of hydrogen-bond acceptors (Lipinski definition) is 5. The Kier molecular flexibility index (Phi) is 5.07. The van der Waals surface area contributed by atoms with E-state index in [2.05, 4.69) is 5.32 Å². The van der Waals surface area contributed by atoms with Crippen molar-refractivity contribution in [3.05, 3.63) is 52.0 Å². The standard InChI is InChI=1S/C18H16ClF3N2O4/c19-14-11-5-6-23-8-17(24-16(28)18(20,21)22,9-1-3-10(25)4-2-9)12(11)7-13(26)15(14)27/h1-4,7,23,25-27H,5-6,8H2,(H,24,28). The number of amides is 1. The fraction of sp³-hybridized carbons (Fsp3) is 0.278. The summed E-state index contributed by atoms with van der Waals surface area (Å²) in [7, 11) is 0. The highest BCUT2D eigenvalue weighted by molar-refractivity contribution is 6.33. The van der Waals surface area contributed by atoms with Crippen LogP contribution >= 0.6 is 11.6 Å². The predicted octanol–water partition coefficient (Wildman–Crippen LogP) is 2.52. The van der Waals surface area contributed by atoms with Crippen molar-refractivity contribution in [1.82, 2.24) is 10.6 Å². The maximum Gasteiger partial charge on any atom is 0.471 e. The summed E-state index contributed by atoms with van der Waals surface area (Å²) in [6, 6.07) is 6.35. The molecule has 5 N–H and O–H groups in total. The summed E-state index contributed by atoms with van der Waals surface area (Å²) in [4.78, 5) is 11.9. The van der Waals surface area contributed by atoms with Crippen LogP contribution in [0.25, 0.3) is 0 Å². The summed E-state index contributed by atoms with van der Waals surface area (Å²) in [5, 5.41) is 34.3. The third-order valence-corrected chi connectivity index (χ3v) is 5.07. The quantitative estimate of drug-likeness (QED) is 0.484. The van der Waals surface area contributed by atoms with Crippen LogP contribution in [0.2, 0.25) is 5.02 Å². The first-order valence-corrected chi connectivity index (χ1v) is 8.57. The zero-order chi connectivity index (χ0) is 20.7. The first-order chi connectivity index (χ1) is 13.1. The normalized spacial score (nSPS) is 19.6. The Balaban J connectivity index is 2.30. The number of fused-ring (bicyclic) bond motifs is 1. The Morgan fingerprint density at radius 1 is 1.18 bits per heavy atom. The van der Waals surface area contributed by atoms with Crippen LogP contribution in [0, 0.1) is 0 Å². The zero-order valence-corrected chi connectivity index (χ0v) is 15.0. The lowest BCUT2D eigenvalue weighted by Crippen LogP contribution is -2.55. The summed E-state index contributed by atoms with van der Waals surface area (Å²) in [6.45, 7) is 0.159. The van der Waals surface area contributed by atoms with Crippen molar-refractivity contribution in [3.8, 4) is 17.2 Å². The van der Waals surface area contributed by atoms with Crippen LogP contribution < -0.4 is 10.6 Å². The van der Waals surface area contributed by atoms with Crippen molar-refractivity contribution in [2.75, 3.05) is 13.1 Å². The average Bonchev–Trinajstić information content (AvgIpc) is 2.80. The third-order valence-electron chi connectivity index (χ3n) is 4.67. The second-order valence-corrected chi connectivity index (χ2v) is 6.79. The molecule has 1 amide bonds. The number of carbonyl (C=O) groups is 1. The van der Waals surface area contributed by atoms with Gasteiger partial charge in [-0.1, -0.05) is 23.7 Å². The van der Waals surface area contributed by atoms with Crippen LogP contribution in [-0.4, -0.2) is 40.5 Å². The average molecular weight is 417 g/mol. The molecule has 6 nitrogen and oxygen atoms in total. The Hall–Kier alpha value is -2.65. The van der Waals surface area contributed by atoms with Gasteiger partial charge in [0.2, 0.25) is 0 Å². The molecular weight excluding hydrogens is 401 g/mol. The van der Waals surface area contributed by atoms with Crippen LogP contribution in [-0.2, 0) is 16.8 Å². The van der Waals surface area contributed by atoms with Crippen LogP contribution in [0.1, 0.15) is 16.7 Å². The molecule has 1 aliphatic rings. The summed E-state index contributed by atoms with van der Waals surface area (Å²) in [6.07, 6.45) is -4.91. The molecule has 1 atom stereocenters. The van der Waals surface area contributed by atoms with E-state index in [-0.39, 0.29) is 40.4 Å². The number of benzene rings is 2. The molecule has 2 aromatic carbocycles. The highest BCUT2D eigenvalue weighted by Crippen LogP contribution is 2.44. The molecule has 3 rings (SSSR count). The SMILES string of the molecule is O=C(NC1(c2ccc(O)cc2)CNCCc2c1cc(O)c(O)c2Cl)C(F)(F)F. The molecule has 0 saturated carbocycles. The van der Waals surface area contributed by atoms with Crippen molar-refractivity contribution >= 4 is 17.5 Å². The van der Waals surface area contributed by atoms with Crippen LogP contribution in [0.5, 0.6) is 17.2 Å². The van der Waals surface area contributed by atoms with Crippen molar-refractivity contribution in [1.29, 1.82) is 0 Å². The van der Waals surface area contributed by atoms with Gasteiger partial charge in [-0.2, -0.15) is 13.2 Å². The molecule has 0 saturated heterocycles. The van der Waals surface area contributed by atoms with Gasteiger partial charge in [0.1, 0.15) is 11.3 Å². The van der Waals surface area contributed by atoms with Crippen LogP contribution in [0.3, 0.4) is 0 Å². The molecule has 150 valence electrons. The number of halogens is 4. The number of rotatable bonds is 2. The first kappa shape index (κ1) is 20.1. The van der Waals surface area contributed by atoms with Gasteiger partial charge in [0.05, 0.1) is 5.02 Å². The lowest BCUT2D eigenvalue weighted by atomic mass is 9.80. The van der Waals surface area contributed by atoms with Crippen molar-refractivity contribution < 1.29 is 33.3 Å². The van der Waals surface area contributed by atoms with E-state index in [0.717, 1.165) is 6.07 Å². The molecule has 0 fully saturated rings. The molecule has 28 heavy (non-hydrogen) atoms. The molecule has 2 aromatic rings.